The molecule has 2 rings (SSSR count). The number of hydrogen-bond acceptors (Lipinski definition) is 3. The summed E-state index contributed by atoms with van der Waals surface area (Å²) in [5.41, 5.74) is 9.01. The molecule has 0 aliphatic carbocycles. The Balaban J connectivity index is 2.12. The van der Waals surface area contributed by atoms with Crippen LogP contribution in [0.1, 0.15) is 24.0 Å². The molecule has 1 amide bonds. The van der Waals surface area contributed by atoms with E-state index in [1.165, 1.54) is 0 Å². The monoisotopic (exact) mass is 255 g/mol. The average Bonchev–Trinajstić information content (AvgIpc) is 2.38. The molecule has 3 N–H and O–H groups in total. The second-order valence-electron chi connectivity index (χ2n) is 4.63. The number of nitrogen functional groups attached to an aromatic ring is 1. The summed E-state index contributed by atoms with van der Waals surface area (Å²) in [5, 5.41) is 2.86. The minimum Gasteiger partial charge on any atom is -0.399 e. The van der Waals surface area contributed by atoms with Crippen molar-refractivity contribution < 1.29 is 4.79 Å². The molecule has 1 heterocycles. The van der Waals surface area contributed by atoms with Gasteiger partial charge in [-0.25, -0.2) is 0 Å². The van der Waals surface area contributed by atoms with Crippen LogP contribution in [-0.2, 0) is 4.79 Å². The first kappa shape index (κ1) is 13.1. The van der Waals surface area contributed by atoms with Gasteiger partial charge in [0.25, 0.3) is 0 Å². The highest BCUT2D eigenvalue weighted by Gasteiger charge is 2.15. The van der Waals surface area contributed by atoms with Gasteiger partial charge < -0.3 is 11.1 Å². The molecule has 0 spiro atoms. The van der Waals surface area contributed by atoms with E-state index in [0.29, 0.717) is 11.4 Å². The molecule has 1 unspecified atom stereocenters. The van der Waals surface area contributed by atoms with Gasteiger partial charge in [-0.2, -0.15) is 0 Å². The fourth-order valence-electron chi connectivity index (χ4n) is 1.85. The van der Waals surface area contributed by atoms with Crippen LogP contribution in [-0.4, -0.2) is 10.9 Å². The fourth-order valence-corrected chi connectivity index (χ4v) is 1.85. The number of anilines is 2. The summed E-state index contributed by atoms with van der Waals surface area (Å²) in [6.45, 7) is 3.79. The van der Waals surface area contributed by atoms with Crippen LogP contribution in [0.2, 0.25) is 0 Å². The predicted molar refractivity (Wildman–Crippen MR) is 76.9 cm³/mol. The third kappa shape index (κ3) is 3.31. The summed E-state index contributed by atoms with van der Waals surface area (Å²) in [4.78, 5) is 16.2. The van der Waals surface area contributed by atoms with E-state index in [1.54, 1.807) is 18.5 Å². The van der Waals surface area contributed by atoms with Crippen LogP contribution < -0.4 is 11.1 Å². The summed E-state index contributed by atoms with van der Waals surface area (Å²) < 4.78 is 0. The van der Waals surface area contributed by atoms with Gasteiger partial charge in [0, 0.05) is 11.9 Å². The number of hydrogen-bond donors (Lipinski definition) is 2. The first-order valence-electron chi connectivity index (χ1n) is 6.14. The molecule has 0 aliphatic rings. The van der Waals surface area contributed by atoms with Crippen molar-refractivity contribution in [2.75, 3.05) is 11.1 Å². The molecule has 1 aromatic heterocycles. The van der Waals surface area contributed by atoms with Gasteiger partial charge in [0.1, 0.15) is 0 Å². The molecule has 1 aromatic carbocycles. The Hall–Kier alpha value is -2.36. The number of amides is 1. The highest BCUT2D eigenvalue weighted by molar-refractivity contribution is 5.95. The highest BCUT2D eigenvalue weighted by atomic mass is 16.1. The Labute approximate surface area is 112 Å². The molecule has 0 bridgehead atoms. The minimum absolute atomic E-state index is 0.0713. The molecule has 98 valence electrons. The van der Waals surface area contributed by atoms with Gasteiger partial charge in [0.05, 0.1) is 17.8 Å². The number of carbonyl (C=O) groups is 1. The van der Waals surface area contributed by atoms with Crippen molar-refractivity contribution in [1.29, 1.82) is 0 Å². The summed E-state index contributed by atoms with van der Waals surface area (Å²) in [6, 6.07) is 9.26. The van der Waals surface area contributed by atoms with Crippen LogP contribution in [0.3, 0.4) is 0 Å². The second-order valence-corrected chi connectivity index (χ2v) is 4.63. The normalized spacial score (nSPS) is 11.9. The van der Waals surface area contributed by atoms with E-state index in [0.717, 1.165) is 11.1 Å². The molecule has 0 saturated carbocycles. The number of nitrogens with two attached hydrogens (primary N) is 1. The Morgan fingerprint density at radius 2 is 2.11 bits per heavy atom. The van der Waals surface area contributed by atoms with Gasteiger partial charge in [-0.05, 0) is 43.2 Å². The van der Waals surface area contributed by atoms with Crippen molar-refractivity contribution in [3.05, 3.63) is 53.9 Å². The molecule has 19 heavy (non-hydrogen) atoms. The number of pyridine rings is 1. The molecule has 1 atom stereocenters. The fraction of sp³-hybridized carbons (Fsp3) is 0.200. The number of nitrogens with one attached hydrogen (secondary N) is 1. The Morgan fingerprint density at radius 3 is 2.79 bits per heavy atom. The van der Waals surface area contributed by atoms with Gasteiger partial charge in [-0.3, -0.25) is 9.78 Å². The van der Waals surface area contributed by atoms with E-state index < -0.39 is 0 Å². The van der Waals surface area contributed by atoms with E-state index >= 15 is 0 Å². The molecular formula is C15H17N3O. The second kappa shape index (κ2) is 5.52. The van der Waals surface area contributed by atoms with Gasteiger partial charge in [-0.1, -0.05) is 12.1 Å². The van der Waals surface area contributed by atoms with E-state index in [2.05, 4.69) is 10.3 Å². The van der Waals surface area contributed by atoms with Crippen molar-refractivity contribution in [2.45, 2.75) is 19.8 Å². The molecule has 2 aromatic rings. The first-order chi connectivity index (χ1) is 9.06. The molecular weight excluding hydrogens is 238 g/mol. The first-order valence-corrected chi connectivity index (χ1v) is 6.14. The number of benzene rings is 1. The van der Waals surface area contributed by atoms with E-state index in [9.17, 15) is 4.79 Å². The summed E-state index contributed by atoms with van der Waals surface area (Å²) in [7, 11) is 0. The zero-order valence-corrected chi connectivity index (χ0v) is 11.1. The Bertz CT molecular complexity index is 595. The topological polar surface area (TPSA) is 68.0 Å². The van der Waals surface area contributed by atoms with E-state index in [-0.39, 0.29) is 11.8 Å². The molecule has 0 fully saturated rings. The van der Waals surface area contributed by atoms with Gasteiger partial charge in [0.2, 0.25) is 5.91 Å². The largest absolute Gasteiger partial charge is 0.399 e. The smallest absolute Gasteiger partial charge is 0.231 e. The zero-order valence-electron chi connectivity index (χ0n) is 11.1. The Morgan fingerprint density at radius 1 is 1.32 bits per heavy atom. The summed E-state index contributed by atoms with van der Waals surface area (Å²) in [6.07, 6.45) is 3.38. The molecule has 0 radical (unpaired) electrons. The maximum absolute atomic E-state index is 12.2. The third-order valence-corrected chi connectivity index (χ3v) is 2.95. The maximum Gasteiger partial charge on any atom is 0.231 e. The molecule has 0 aliphatic heterocycles. The number of aryl methyl sites for hydroxylation is 1. The van der Waals surface area contributed by atoms with Gasteiger partial charge >= 0.3 is 0 Å². The lowest BCUT2D eigenvalue weighted by Gasteiger charge is -2.13. The Kier molecular flexibility index (Phi) is 3.80. The lowest BCUT2D eigenvalue weighted by atomic mass is 10.00. The van der Waals surface area contributed by atoms with Crippen molar-refractivity contribution >= 4 is 17.3 Å². The number of carbonyl (C=O) groups excluding carboxylic acids is 1. The van der Waals surface area contributed by atoms with Gasteiger partial charge in [-0.15, -0.1) is 0 Å². The zero-order chi connectivity index (χ0) is 13.8. The summed E-state index contributed by atoms with van der Waals surface area (Å²) >= 11 is 0. The summed E-state index contributed by atoms with van der Waals surface area (Å²) in [5.74, 6) is -0.331. The van der Waals surface area contributed by atoms with Crippen molar-refractivity contribution in [1.82, 2.24) is 4.98 Å². The van der Waals surface area contributed by atoms with Crippen molar-refractivity contribution in [3.8, 4) is 0 Å². The minimum atomic E-state index is -0.260. The third-order valence-electron chi connectivity index (χ3n) is 2.95. The lowest BCUT2D eigenvalue weighted by molar-refractivity contribution is -0.117. The molecule has 4 heteroatoms. The van der Waals surface area contributed by atoms with E-state index in [4.69, 9.17) is 5.73 Å². The lowest BCUT2D eigenvalue weighted by Crippen LogP contribution is -2.19. The van der Waals surface area contributed by atoms with E-state index in [1.807, 2.05) is 38.1 Å². The molecule has 0 saturated heterocycles. The van der Waals surface area contributed by atoms with Gasteiger partial charge in [0.15, 0.2) is 0 Å². The van der Waals surface area contributed by atoms with Crippen LogP contribution in [0.25, 0.3) is 0 Å². The van der Waals surface area contributed by atoms with Crippen molar-refractivity contribution in [2.24, 2.45) is 0 Å². The van der Waals surface area contributed by atoms with Crippen LogP contribution in [0.5, 0.6) is 0 Å². The SMILES string of the molecule is Cc1cncc(NC(=O)C(C)c2cccc(N)c2)c1. The average molecular weight is 255 g/mol. The van der Waals surface area contributed by atoms with Crippen LogP contribution in [0.4, 0.5) is 11.4 Å². The standard InChI is InChI=1S/C15H17N3O/c1-10-6-14(9-17-8-10)18-15(19)11(2)12-4-3-5-13(16)7-12/h3-9,11H,16H2,1-2H3,(H,18,19). The van der Waals surface area contributed by atoms with Crippen LogP contribution in [0.15, 0.2) is 42.7 Å². The number of aromatic nitrogens is 1. The quantitative estimate of drug-likeness (QED) is 0.829. The van der Waals surface area contributed by atoms with Crippen LogP contribution in [0, 0.1) is 6.92 Å². The number of nitrogens with zero attached hydrogens (tertiary/aromatic N) is 1. The van der Waals surface area contributed by atoms with Crippen LogP contribution >= 0.6 is 0 Å². The molecule has 4 nitrogen and oxygen atoms in total. The van der Waals surface area contributed by atoms with Crippen molar-refractivity contribution in [3.63, 3.8) is 0 Å². The number of rotatable bonds is 3. The predicted octanol–water partition coefficient (Wildman–Crippen LogP) is 2.71. The maximum atomic E-state index is 12.2. The highest BCUT2D eigenvalue weighted by Crippen LogP contribution is 2.19.